The number of aryl methyl sites for hydroxylation is 1. The number of hydrogen-bond donors (Lipinski definition) is 1. The summed E-state index contributed by atoms with van der Waals surface area (Å²) in [6, 6.07) is 5.17. The van der Waals surface area contributed by atoms with Gasteiger partial charge >= 0.3 is 0 Å². The van der Waals surface area contributed by atoms with Gasteiger partial charge in [0.1, 0.15) is 10.8 Å². The van der Waals surface area contributed by atoms with Gasteiger partial charge in [0.15, 0.2) is 11.5 Å². The van der Waals surface area contributed by atoms with Gasteiger partial charge in [-0.2, -0.15) is 0 Å². The van der Waals surface area contributed by atoms with E-state index in [9.17, 15) is 13.2 Å². The molecule has 0 spiro atoms. The maximum absolute atomic E-state index is 12.0. The molecule has 7 nitrogen and oxygen atoms in total. The lowest BCUT2D eigenvalue weighted by Crippen LogP contribution is -2.32. The highest BCUT2D eigenvalue weighted by Crippen LogP contribution is 2.27. The zero-order valence-electron chi connectivity index (χ0n) is 11.4. The molecular formula is C13H15N3O4S. The molecule has 1 fully saturated rings. The van der Waals surface area contributed by atoms with E-state index in [0.717, 1.165) is 0 Å². The van der Waals surface area contributed by atoms with Crippen LogP contribution in [0.4, 0.5) is 5.69 Å². The van der Waals surface area contributed by atoms with Crippen molar-refractivity contribution in [1.29, 1.82) is 0 Å². The van der Waals surface area contributed by atoms with Gasteiger partial charge in [0, 0.05) is 25.1 Å². The van der Waals surface area contributed by atoms with Crippen LogP contribution in [0.15, 0.2) is 22.6 Å². The fourth-order valence-electron chi connectivity index (χ4n) is 2.43. The van der Waals surface area contributed by atoms with Crippen molar-refractivity contribution < 1.29 is 17.6 Å². The van der Waals surface area contributed by atoms with E-state index < -0.39 is 15.3 Å². The van der Waals surface area contributed by atoms with Gasteiger partial charge in [0.05, 0.1) is 0 Å². The Morgan fingerprint density at radius 1 is 1.48 bits per heavy atom. The molecule has 8 heteroatoms. The summed E-state index contributed by atoms with van der Waals surface area (Å²) in [5.41, 5.74) is 1.90. The van der Waals surface area contributed by atoms with Gasteiger partial charge in [0.25, 0.3) is 0 Å². The van der Waals surface area contributed by atoms with Crippen molar-refractivity contribution in [3.05, 3.63) is 24.1 Å². The zero-order chi connectivity index (χ0) is 15.2. The normalized spacial score (nSPS) is 19.6. The molecule has 1 aliphatic heterocycles. The highest BCUT2D eigenvalue weighted by atomic mass is 32.2. The second-order valence-corrected chi connectivity index (χ2v) is 6.88. The summed E-state index contributed by atoms with van der Waals surface area (Å²) in [6.45, 7) is 2.01. The highest BCUT2D eigenvalue weighted by molar-refractivity contribution is 7.89. The van der Waals surface area contributed by atoms with Crippen LogP contribution >= 0.6 is 0 Å². The Balaban J connectivity index is 1.95. The van der Waals surface area contributed by atoms with Crippen LogP contribution in [0.1, 0.15) is 19.2 Å². The fourth-order valence-corrected chi connectivity index (χ4v) is 3.16. The lowest BCUT2D eigenvalue weighted by molar-refractivity contribution is -0.117. The maximum atomic E-state index is 12.0. The van der Waals surface area contributed by atoms with Crippen LogP contribution in [0.25, 0.3) is 11.1 Å². The smallest absolute Gasteiger partial charge is 0.228 e. The van der Waals surface area contributed by atoms with Gasteiger partial charge < -0.3 is 9.32 Å². The summed E-state index contributed by atoms with van der Waals surface area (Å²) in [7, 11) is -3.72. The summed E-state index contributed by atoms with van der Waals surface area (Å²) in [5, 5.41) is 4.26. The van der Waals surface area contributed by atoms with E-state index in [1.807, 2.05) is 6.92 Å². The standard InChI is InChI=1S/C13H15N3O4S/c1-2-12-15-10-5-8(3-4-11(10)20-12)16-7-9(6-13(16)17)21(14,18)19/h3-5,9H,2,6-7H2,1H3,(H2,14,18,19). The summed E-state index contributed by atoms with van der Waals surface area (Å²) >= 11 is 0. The number of nitrogens with two attached hydrogens (primary N) is 1. The van der Waals surface area contributed by atoms with Gasteiger partial charge in [0.2, 0.25) is 15.9 Å². The topological polar surface area (TPSA) is 107 Å². The first-order valence-electron chi connectivity index (χ1n) is 6.60. The molecule has 1 unspecified atom stereocenters. The van der Waals surface area contributed by atoms with Gasteiger partial charge in [-0.1, -0.05) is 6.92 Å². The molecule has 1 saturated heterocycles. The number of amides is 1. The molecule has 0 saturated carbocycles. The molecule has 3 rings (SSSR count). The van der Waals surface area contributed by atoms with Crippen LogP contribution in [-0.4, -0.2) is 31.1 Å². The lowest BCUT2D eigenvalue weighted by Gasteiger charge is -2.16. The molecular weight excluding hydrogens is 294 g/mol. The molecule has 21 heavy (non-hydrogen) atoms. The highest BCUT2D eigenvalue weighted by Gasteiger charge is 2.37. The molecule has 1 aliphatic rings. The molecule has 2 aromatic rings. The van der Waals surface area contributed by atoms with Crippen molar-refractivity contribution in [3.8, 4) is 0 Å². The summed E-state index contributed by atoms with van der Waals surface area (Å²) in [4.78, 5) is 17.7. The number of fused-ring (bicyclic) bond motifs is 1. The van der Waals surface area contributed by atoms with Crippen LogP contribution in [0.5, 0.6) is 0 Å². The van der Waals surface area contributed by atoms with E-state index in [1.165, 1.54) is 4.90 Å². The number of aromatic nitrogens is 1. The third-order valence-electron chi connectivity index (χ3n) is 3.58. The molecule has 112 valence electrons. The Bertz CT molecular complexity index is 812. The van der Waals surface area contributed by atoms with Crippen molar-refractivity contribution in [3.63, 3.8) is 0 Å². The van der Waals surface area contributed by atoms with E-state index in [4.69, 9.17) is 9.56 Å². The summed E-state index contributed by atoms with van der Waals surface area (Å²) in [5.74, 6) is 0.366. The minimum Gasteiger partial charge on any atom is -0.441 e. The first-order valence-corrected chi connectivity index (χ1v) is 8.21. The van der Waals surface area contributed by atoms with Crippen LogP contribution in [-0.2, 0) is 21.2 Å². The molecule has 2 N–H and O–H groups in total. The van der Waals surface area contributed by atoms with Crippen molar-refractivity contribution in [1.82, 2.24) is 4.98 Å². The number of rotatable bonds is 3. The lowest BCUT2D eigenvalue weighted by atomic mass is 10.2. The Labute approximate surface area is 121 Å². The molecule has 0 radical (unpaired) electrons. The third-order valence-corrected chi connectivity index (χ3v) is 4.83. The van der Waals surface area contributed by atoms with Gasteiger partial charge in [-0.25, -0.2) is 18.5 Å². The van der Waals surface area contributed by atoms with Crippen LogP contribution < -0.4 is 10.0 Å². The molecule has 1 atom stereocenters. The number of carbonyl (C=O) groups excluding carboxylic acids is 1. The van der Waals surface area contributed by atoms with Crippen molar-refractivity contribution in [2.24, 2.45) is 5.14 Å². The molecule has 0 bridgehead atoms. The van der Waals surface area contributed by atoms with Gasteiger partial charge in [-0.3, -0.25) is 4.79 Å². The molecule has 1 amide bonds. The van der Waals surface area contributed by atoms with E-state index in [2.05, 4.69) is 4.98 Å². The molecule has 1 aromatic heterocycles. The number of sulfonamides is 1. The Morgan fingerprint density at radius 2 is 2.24 bits per heavy atom. The van der Waals surface area contributed by atoms with Gasteiger partial charge in [-0.15, -0.1) is 0 Å². The number of carbonyl (C=O) groups is 1. The predicted octanol–water partition coefficient (Wildman–Crippen LogP) is 0.784. The van der Waals surface area contributed by atoms with Crippen LogP contribution in [0.2, 0.25) is 0 Å². The second-order valence-electron chi connectivity index (χ2n) is 5.03. The number of oxazole rings is 1. The fraction of sp³-hybridized carbons (Fsp3) is 0.385. The largest absolute Gasteiger partial charge is 0.441 e. The van der Waals surface area contributed by atoms with E-state index in [-0.39, 0.29) is 18.9 Å². The van der Waals surface area contributed by atoms with E-state index >= 15 is 0 Å². The molecule has 1 aromatic carbocycles. The quantitative estimate of drug-likeness (QED) is 0.902. The average molecular weight is 309 g/mol. The Hall–Kier alpha value is -1.93. The van der Waals surface area contributed by atoms with Crippen LogP contribution in [0.3, 0.4) is 0 Å². The van der Waals surface area contributed by atoms with E-state index in [1.54, 1.807) is 18.2 Å². The number of hydrogen-bond acceptors (Lipinski definition) is 5. The number of nitrogens with zero attached hydrogens (tertiary/aromatic N) is 2. The minimum absolute atomic E-state index is 0.0711. The molecule has 2 heterocycles. The molecule has 0 aliphatic carbocycles. The third kappa shape index (κ3) is 2.52. The SMILES string of the molecule is CCc1nc2cc(N3CC(S(N)(=O)=O)CC3=O)ccc2o1. The van der Waals surface area contributed by atoms with Gasteiger partial charge in [-0.05, 0) is 18.2 Å². The minimum atomic E-state index is -3.72. The average Bonchev–Trinajstić information content (AvgIpc) is 3.00. The number of anilines is 1. The Kier molecular flexibility index (Phi) is 3.22. The summed E-state index contributed by atoms with van der Waals surface area (Å²) in [6.07, 6.45) is 0.593. The van der Waals surface area contributed by atoms with E-state index in [0.29, 0.717) is 29.1 Å². The van der Waals surface area contributed by atoms with Crippen molar-refractivity contribution >= 4 is 32.7 Å². The Morgan fingerprint density at radius 3 is 2.86 bits per heavy atom. The second kappa shape index (κ2) is 4.81. The summed E-state index contributed by atoms with van der Waals surface area (Å²) < 4.78 is 28.3. The predicted molar refractivity (Wildman–Crippen MR) is 77.3 cm³/mol. The zero-order valence-corrected chi connectivity index (χ0v) is 12.3. The number of benzene rings is 1. The first-order chi connectivity index (χ1) is 9.88. The van der Waals surface area contributed by atoms with Crippen molar-refractivity contribution in [2.75, 3.05) is 11.4 Å². The van der Waals surface area contributed by atoms with Crippen LogP contribution in [0, 0.1) is 0 Å². The monoisotopic (exact) mass is 309 g/mol. The number of primary sulfonamides is 1. The van der Waals surface area contributed by atoms with Crippen molar-refractivity contribution in [2.45, 2.75) is 25.0 Å². The maximum Gasteiger partial charge on any atom is 0.228 e. The first kappa shape index (κ1) is 14.0.